The molecule has 0 aliphatic carbocycles. The molecule has 2 aromatic rings. The number of nitrogens with zero attached hydrogens (tertiary/aromatic N) is 2. The van der Waals surface area contributed by atoms with Gasteiger partial charge < -0.3 is 14.4 Å². The molecule has 6 heteroatoms. The fourth-order valence-electron chi connectivity index (χ4n) is 2.73. The molecule has 0 aromatic heterocycles. The Bertz CT molecular complexity index is 829. The Hall–Kier alpha value is -2.71. The molecule has 1 heterocycles. The molecule has 2 aromatic carbocycles. The second-order valence-corrected chi connectivity index (χ2v) is 5.72. The molecule has 0 fully saturated rings. The van der Waals surface area contributed by atoms with Crippen LogP contribution in [0.25, 0.3) is 0 Å². The standard InChI is InChI=1S/C18H15ClN2O3/c1-23-16-9-12(10-20)8-14(19)18(16)24-11-17(22)21-7-6-13-4-2-3-5-15(13)21/h2-5,8-9H,6-7,11H2,1H3. The van der Waals surface area contributed by atoms with Gasteiger partial charge in [0.15, 0.2) is 18.1 Å². The Morgan fingerprint density at radius 2 is 2.17 bits per heavy atom. The first kappa shape index (κ1) is 16.2. The van der Waals surface area contributed by atoms with Crippen LogP contribution in [0.3, 0.4) is 0 Å². The minimum Gasteiger partial charge on any atom is -0.493 e. The van der Waals surface area contributed by atoms with Crippen molar-refractivity contribution < 1.29 is 14.3 Å². The number of ether oxygens (including phenoxy) is 2. The maximum Gasteiger partial charge on any atom is 0.264 e. The first-order chi connectivity index (χ1) is 11.6. The fraction of sp³-hybridized carbons (Fsp3) is 0.222. The van der Waals surface area contributed by atoms with Crippen molar-refractivity contribution in [2.75, 3.05) is 25.2 Å². The van der Waals surface area contributed by atoms with E-state index in [0.29, 0.717) is 17.9 Å². The van der Waals surface area contributed by atoms with Crippen molar-refractivity contribution in [3.63, 3.8) is 0 Å². The van der Waals surface area contributed by atoms with Crippen molar-refractivity contribution in [1.29, 1.82) is 5.26 Å². The zero-order valence-electron chi connectivity index (χ0n) is 13.1. The molecule has 1 amide bonds. The van der Waals surface area contributed by atoms with Crippen LogP contribution in [-0.2, 0) is 11.2 Å². The van der Waals surface area contributed by atoms with Gasteiger partial charge >= 0.3 is 0 Å². The van der Waals surface area contributed by atoms with Gasteiger partial charge in [0.05, 0.1) is 23.8 Å². The average molecular weight is 343 g/mol. The number of fused-ring (bicyclic) bond motifs is 1. The van der Waals surface area contributed by atoms with Crippen LogP contribution < -0.4 is 14.4 Å². The summed E-state index contributed by atoms with van der Waals surface area (Å²) in [4.78, 5) is 14.2. The van der Waals surface area contributed by atoms with E-state index in [9.17, 15) is 4.79 Å². The number of amides is 1. The molecule has 0 saturated heterocycles. The van der Waals surface area contributed by atoms with E-state index in [2.05, 4.69) is 0 Å². The number of halogens is 1. The lowest BCUT2D eigenvalue weighted by molar-refractivity contribution is -0.120. The molecule has 0 atom stereocenters. The molecule has 122 valence electrons. The fourth-order valence-corrected chi connectivity index (χ4v) is 3.00. The van der Waals surface area contributed by atoms with Crippen LogP contribution >= 0.6 is 11.6 Å². The number of hydrogen-bond acceptors (Lipinski definition) is 4. The molecular weight excluding hydrogens is 328 g/mol. The Labute approximate surface area is 145 Å². The number of rotatable bonds is 4. The predicted molar refractivity (Wildman–Crippen MR) is 90.7 cm³/mol. The lowest BCUT2D eigenvalue weighted by Crippen LogP contribution is -2.33. The molecule has 0 saturated carbocycles. The van der Waals surface area contributed by atoms with E-state index in [1.165, 1.54) is 19.2 Å². The molecule has 1 aliphatic heterocycles. The van der Waals surface area contributed by atoms with Crippen molar-refractivity contribution >= 4 is 23.2 Å². The van der Waals surface area contributed by atoms with Crippen LogP contribution in [-0.4, -0.2) is 26.2 Å². The van der Waals surface area contributed by atoms with Crippen LogP contribution in [0.5, 0.6) is 11.5 Å². The number of carbonyl (C=O) groups is 1. The van der Waals surface area contributed by atoms with Gasteiger partial charge in [-0.25, -0.2) is 0 Å². The maximum atomic E-state index is 12.5. The molecule has 24 heavy (non-hydrogen) atoms. The van der Waals surface area contributed by atoms with E-state index in [-0.39, 0.29) is 23.3 Å². The number of nitriles is 1. The Morgan fingerprint density at radius 1 is 1.38 bits per heavy atom. The van der Waals surface area contributed by atoms with Crippen LogP contribution in [0.4, 0.5) is 5.69 Å². The number of carbonyl (C=O) groups excluding carboxylic acids is 1. The van der Waals surface area contributed by atoms with Gasteiger partial charge in [0.1, 0.15) is 0 Å². The summed E-state index contributed by atoms with van der Waals surface area (Å²) in [6, 6.07) is 12.8. The van der Waals surface area contributed by atoms with E-state index in [4.69, 9.17) is 26.3 Å². The highest BCUT2D eigenvalue weighted by atomic mass is 35.5. The monoisotopic (exact) mass is 342 g/mol. The highest BCUT2D eigenvalue weighted by Gasteiger charge is 2.25. The number of benzene rings is 2. The van der Waals surface area contributed by atoms with Gasteiger partial charge in [0.25, 0.3) is 5.91 Å². The van der Waals surface area contributed by atoms with Crippen molar-refractivity contribution in [2.24, 2.45) is 0 Å². The molecule has 0 bridgehead atoms. The van der Waals surface area contributed by atoms with E-state index >= 15 is 0 Å². The predicted octanol–water partition coefficient (Wildman–Crippen LogP) is 3.19. The maximum absolute atomic E-state index is 12.5. The van der Waals surface area contributed by atoms with Crippen LogP contribution in [0.2, 0.25) is 5.02 Å². The second-order valence-electron chi connectivity index (χ2n) is 5.31. The molecule has 0 spiro atoms. The lowest BCUT2D eigenvalue weighted by Gasteiger charge is -2.18. The summed E-state index contributed by atoms with van der Waals surface area (Å²) in [5.41, 5.74) is 2.44. The highest BCUT2D eigenvalue weighted by Crippen LogP contribution is 2.36. The van der Waals surface area contributed by atoms with E-state index in [0.717, 1.165) is 17.7 Å². The van der Waals surface area contributed by atoms with E-state index < -0.39 is 0 Å². The van der Waals surface area contributed by atoms with Crippen LogP contribution in [0.15, 0.2) is 36.4 Å². The van der Waals surface area contributed by atoms with E-state index in [1.807, 2.05) is 30.3 Å². The van der Waals surface area contributed by atoms with Gasteiger partial charge in [-0.05, 0) is 24.1 Å². The second kappa shape index (κ2) is 6.81. The van der Waals surface area contributed by atoms with Crippen molar-refractivity contribution in [2.45, 2.75) is 6.42 Å². The zero-order chi connectivity index (χ0) is 17.1. The zero-order valence-corrected chi connectivity index (χ0v) is 13.8. The van der Waals surface area contributed by atoms with Gasteiger partial charge in [-0.3, -0.25) is 4.79 Å². The molecule has 0 N–H and O–H groups in total. The van der Waals surface area contributed by atoms with Crippen LogP contribution in [0, 0.1) is 11.3 Å². The normalized spacial score (nSPS) is 12.5. The van der Waals surface area contributed by atoms with Crippen LogP contribution in [0.1, 0.15) is 11.1 Å². The van der Waals surface area contributed by atoms with Crippen molar-refractivity contribution in [3.8, 4) is 17.6 Å². The topological polar surface area (TPSA) is 62.6 Å². The summed E-state index contributed by atoms with van der Waals surface area (Å²) < 4.78 is 10.8. The largest absolute Gasteiger partial charge is 0.493 e. The highest BCUT2D eigenvalue weighted by molar-refractivity contribution is 6.32. The first-order valence-electron chi connectivity index (χ1n) is 7.42. The third-order valence-corrected chi connectivity index (χ3v) is 4.17. The average Bonchev–Trinajstić information content (AvgIpc) is 3.03. The van der Waals surface area contributed by atoms with E-state index in [1.54, 1.807) is 4.90 Å². The molecule has 0 unspecified atom stereocenters. The van der Waals surface area contributed by atoms with Gasteiger partial charge in [0, 0.05) is 18.3 Å². The van der Waals surface area contributed by atoms with Gasteiger partial charge in [-0.2, -0.15) is 5.26 Å². The van der Waals surface area contributed by atoms with Crippen molar-refractivity contribution in [1.82, 2.24) is 0 Å². The van der Waals surface area contributed by atoms with Gasteiger partial charge in [-0.15, -0.1) is 0 Å². The number of para-hydroxylation sites is 1. The summed E-state index contributed by atoms with van der Waals surface area (Å²) in [6.45, 7) is 0.482. The Kier molecular flexibility index (Phi) is 4.59. The SMILES string of the molecule is COc1cc(C#N)cc(Cl)c1OCC(=O)N1CCc2ccccc21. The quantitative estimate of drug-likeness (QED) is 0.856. The summed E-state index contributed by atoms with van der Waals surface area (Å²) in [5, 5.41) is 9.20. The first-order valence-corrected chi connectivity index (χ1v) is 7.80. The summed E-state index contributed by atoms with van der Waals surface area (Å²) in [5.74, 6) is 0.440. The minimum atomic E-state index is -0.156. The Morgan fingerprint density at radius 3 is 2.92 bits per heavy atom. The Balaban J connectivity index is 1.75. The smallest absolute Gasteiger partial charge is 0.264 e. The van der Waals surface area contributed by atoms with Gasteiger partial charge in [0.2, 0.25) is 0 Å². The van der Waals surface area contributed by atoms with Gasteiger partial charge in [-0.1, -0.05) is 29.8 Å². The minimum absolute atomic E-state index is 0.151. The number of anilines is 1. The third kappa shape index (κ3) is 3.01. The summed E-state index contributed by atoms with van der Waals surface area (Å²) in [7, 11) is 1.46. The molecular formula is C18H15ClN2O3. The number of methoxy groups -OCH3 is 1. The third-order valence-electron chi connectivity index (χ3n) is 3.89. The molecule has 3 rings (SSSR count). The summed E-state index contributed by atoms with van der Waals surface area (Å²) >= 11 is 6.14. The number of hydrogen-bond donors (Lipinski definition) is 0. The summed E-state index contributed by atoms with van der Waals surface area (Å²) in [6.07, 6.45) is 0.836. The molecule has 1 aliphatic rings. The van der Waals surface area contributed by atoms with Crippen molar-refractivity contribution in [3.05, 3.63) is 52.5 Å². The molecule has 0 radical (unpaired) electrons. The molecule has 5 nitrogen and oxygen atoms in total. The lowest BCUT2D eigenvalue weighted by atomic mass is 10.2.